The van der Waals surface area contributed by atoms with Crippen molar-refractivity contribution in [1.29, 1.82) is 0 Å². The Bertz CT molecular complexity index is 744. The van der Waals surface area contributed by atoms with Gasteiger partial charge in [-0.3, -0.25) is 4.79 Å². The van der Waals surface area contributed by atoms with Crippen LogP contribution in [0, 0.1) is 5.92 Å². The topological polar surface area (TPSA) is 64.6 Å². The quantitative estimate of drug-likeness (QED) is 0.712. The predicted octanol–water partition coefficient (Wildman–Crippen LogP) is 3.85. The van der Waals surface area contributed by atoms with Crippen molar-refractivity contribution in [3.05, 3.63) is 64.7 Å². The van der Waals surface area contributed by atoms with Crippen molar-refractivity contribution >= 4 is 23.5 Å². The minimum atomic E-state index is -0.562. The minimum Gasteiger partial charge on any atom is -0.493 e. The van der Waals surface area contributed by atoms with Gasteiger partial charge in [-0.2, -0.15) is 0 Å². The van der Waals surface area contributed by atoms with Crippen LogP contribution < -0.4 is 10.1 Å². The van der Waals surface area contributed by atoms with E-state index < -0.39 is 11.9 Å². The molecule has 0 aromatic heterocycles. The molecule has 138 valence electrons. The van der Waals surface area contributed by atoms with E-state index in [1.807, 2.05) is 18.2 Å². The van der Waals surface area contributed by atoms with Gasteiger partial charge in [-0.05, 0) is 41.8 Å². The first-order valence-corrected chi connectivity index (χ1v) is 8.73. The first-order chi connectivity index (χ1) is 12.5. The second-order valence-electron chi connectivity index (χ2n) is 6.17. The fourth-order valence-corrected chi connectivity index (χ4v) is 2.25. The Balaban J connectivity index is 1.77. The smallest absolute Gasteiger partial charge is 0.338 e. The summed E-state index contributed by atoms with van der Waals surface area (Å²) < 4.78 is 10.6. The van der Waals surface area contributed by atoms with Crippen LogP contribution >= 0.6 is 11.6 Å². The summed E-state index contributed by atoms with van der Waals surface area (Å²) in [4.78, 5) is 23.8. The molecule has 0 aliphatic rings. The summed E-state index contributed by atoms with van der Waals surface area (Å²) in [7, 11) is 0. The fraction of sp³-hybridized carbons (Fsp3) is 0.300. The van der Waals surface area contributed by atoms with Gasteiger partial charge in [0.2, 0.25) is 0 Å². The standard InChI is InChI=1S/C20H22ClNO4/c1-14(2)12-25-17-9-7-15(8-10-17)20(24)26-13-19(23)22-11-16-5-3-4-6-18(16)21/h3-10,14H,11-13H2,1-2H3,(H,22,23). The van der Waals surface area contributed by atoms with Gasteiger partial charge in [-0.15, -0.1) is 0 Å². The summed E-state index contributed by atoms with van der Waals surface area (Å²) in [6.45, 7) is 4.65. The molecule has 0 radical (unpaired) electrons. The number of nitrogens with one attached hydrogen (secondary N) is 1. The number of ether oxygens (including phenoxy) is 2. The second-order valence-corrected chi connectivity index (χ2v) is 6.58. The normalized spacial score (nSPS) is 10.5. The lowest BCUT2D eigenvalue weighted by atomic mass is 10.2. The van der Waals surface area contributed by atoms with Crippen molar-refractivity contribution in [3.63, 3.8) is 0 Å². The van der Waals surface area contributed by atoms with E-state index >= 15 is 0 Å². The zero-order valence-corrected chi connectivity index (χ0v) is 15.6. The molecular weight excluding hydrogens is 354 g/mol. The van der Waals surface area contributed by atoms with E-state index in [9.17, 15) is 9.59 Å². The fourth-order valence-electron chi connectivity index (χ4n) is 2.05. The monoisotopic (exact) mass is 375 g/mol. The molecule has 1 N–H and O–H groups in total. The number of carbonyl (C=O) groups is 2. The average Bonchev–Trinajstić information content (AvgIpc) is 2.64. The molecule has 0 saturated heterocycles. The number of hydrogen-bond donors (Lipinski definition) is 1. The maximum absolute atomic E-state index is 12.0. The summed E-state index contributed by atoms with van der Waals surface area (Å²) in [5.41, 5.74) is 1.16. The van der Waals surface area contributed by atoms with E-state index in [0.717, 1.165) is 5.56 Å². The van der Waals surface area contributed by atoms with Crippen molar-refractivity contribution in [2.45, 2.75) is 20.4 Å². The molecule has 5 nitrogen and oxygen atoms in total. The first-order valence-electron chi connectivity index (χ1n) is 8.36. The zero-order valence-electron chi connectivity index (χ0n) is 14.8. The molecule has 0 unspecified atom stereocenters. The van der Waals surface area contributed by atoms with Crippen LogP contribution in [-0.4, -0.2) is 25.1 Å². The van der Waals surface area contributed by atoms with Crippen molar-refractivity contribution in [2.75, 3.05) is 13.2 Å². The second kappa shape index (κ2) is 9.82. The molecule has 2 aromatic rings. The van der Waals surface area contributed by atoms with E-state index in [4.69, 9.17) is 21.1 Å². The Morgan fingerprint density at radius 1 is 1.08 bits per heavy atom. The maximum Gasteiger partial charge on any atom is 0.338 e. The average molecular weight is 376 g/mol. The highest BCUT2D eigenvalue weighted by Crippen LogP contribution is 2.15. The molecule has 0 aliphatic heterocycles. The summed E-state index contributed by atoms with van der Waals surface area (Å²) >= 11 is 6.02. The van der Waals surface area contributed by atoms with Gasteiger partial charge < -0.3 is 14.8 Å². The minimum absolute atomic E-state index is 0.276. The molecular formula is C20H22ClNO4. The number of hydrogen-bond acceptors (Lipinski definition) is 4. The molecule has 0 saturated carbocycles. The number of benzene rings is 2. The van der Waals surface area contributed by atoms with Crippen LogP contribution in [0.2, 0.25) is 5.02 Å². The summed E-state index contributed by atoms with van der Waals surface area (Å²) in [6, 6.07) is 13.8. The molecule has 2 rings (SSSR count). The zero-order chi connectivity index (χ0) is 18.9. The first kappa shape index (κ1) is 19.8. The number of halogens is 1. The summed E-state index contributed by atoms with van der Waals surface area (Å²) in [5, 5.41) is 3.24. The summed E-state index contributed by atoms with van der Waals surface area (Å²) in [6.07, 6.45) is 0. The van der Waals surface area contributed by atoms with Gasteiger partial charge in [0.05, 0.1) is 12.2 Å². The number of carbonyl (C=O) groups excluding carboxylic acids is 2. The molecule has 0 heterocycles. The third-order valence-electron chi connectivity index (χ3n) is 3.44. The van der Waals surface area contributed by atoms with Gasteiger partial charge in [-0.1, -0.05) is 43.6 Å². The molecule has 0 spiro atoms. The van der Waals surface area contributed by atoms with Crippen LogP contribution in [0.1, 0.15) is 29.8 Å². The molecule has 0 fully saturated rings. The molecule has 0 aliphatic carbocycles. The Morgan fingerprint density at radius 3 is 2.42 bits per heavy atom. The van der Waals surface area contributed by atoms with Gasteiger partial charge >= 0.3 is 5.97 Å². The van der Waals surface area contributed by atoms with Gasteiger partial charge in [-0.25, -0.2) is 4.79 Å². The number of esters is 1. The van der Waals surface area contributed by atoms with Crippen LogP contribution in [0.3, 0.4) is 0 Å². The van der Waals surface area contributed by atoms with Crippen LogP contribution in [0.5, 0.6) is 5.75 Å². The number of amides is 1. The van der Waals surface area contributed by atoms with Gasteiger partial charge in [0.15, 0.2) is 6.61 Å². The third kappa shape index (κ3) is 6.41. The van der Waals surface area contributed by atoms with E-state index in [1.165, 1.54) is 0 Å². The third-order valence-corrected chi connectivity index (χ3v) is 3.81. The predicted molar refractivity (Wildman–Crippen MR) is 100 cm³/mol. The van der Waals surface area contributed by atoms with Crippen LogP contribution in [0.4, 0.5) is 0 Å². The van der Waals surface area contributed by atoms with Crippen LogP contribution in [-0.2, 0) is 16.1 Å². The van der Waals surface area contributed by atoms with Gasteiger partial charge in [0.1, 0.15) is 5.75 Å². The van der Waals surface area contributed by atoms with Crippen LogP contribution in [0.25, 0.3) is 0 Å². The molecule has 6 heteroatoms. The summed E-state index contributed by atoms with van der Waals surface area (Å²) in [5.74, 6) is 0.153. The van der Waals surface area contributed by atoms with Crippen LogP contribution in [0.15, 0.2) is 48.5 Å². The molecule has 26 heavy (non-hydrogen) atoms. The lowest BCUT2D eigenvalue weighted by Gasteiger charge is -2.10. The lowest BCUT2D eigenvalue weighted by Crippen LogP contribution is -2.28. The van der Waals surface area contributed by atoms with E-state index in [2.05, 4.69) is 19.2 Å². The van der Waals surface area contributed by atoms with Crippen molar-refractivity contribution in [3.8, 4) is 5.75 Å². The number of rotatable bonds is 8. The van der Waals surface area contributed by atoms with Gasteiger partial charge in [0.25, 0.3) is 5.91 Å². The van der Waals surface area contributed by atoms with Crippen molar-refractivity contribution in [1.82, 2.24) is 5.32 Å². The van der Waals surface area contributed by atoms with E-state index in [0.29, 0.717) is 28.9 Å². The molecule has 1 amide bonds. The highest BCUT2D eigenvalue weighted by molar-refractivity contribution is 6.31. The highest BCUT2D eigenvalue weighted by Gasteiger charge is 2.11. The molecule has 2 aromatic carbocycles. The Kier molecular flexibility index (Phi) is 7.48. The molecule has 0 bridgehead atoms. The largest absolute Gasteiger partial charge is 0.493 e. The Hall–Kier alpha value is -2.53. The SMILES string of the molecule is CC(C)COc1ccc(C(=O)OCC(=O)NCc2ccccc2Cl)cc1. The Morgan fingerprint density at radius 2 is 1.77 bits per heavy atom. The van der Waals surface area contributed by atoms with Crippen molar-refractivity contribution in [2.24, 2.45) is 5.92 Å². The Labute approximate surface area is 158 Å². The van der Waals surface area contributed by atoms with Gasteiger partial charge in [0, 0.05) is 11.6 Å². The highest BCUT2D eigenvalue weighted by atomic mass is 35.5. The van der Waals surface area contributed by atoms with E-state index in [-0.39, 0.29) is 13.2 Å². The van der Waals surface area contributed by atoms with Crippen molar-refractivity contribution < 1.29 is 19.1 Å². The van der Waals surface area contributed by atoms with E-state index in [1.54, 1.807) is 30.3 Å². The molecule has 0 atom stereocenters. The maximum atomic E-state index is 12.0. The lowest BCUT2D eigenvalue weighted by molar-refractivity contribution is -0.124.